The van der Waals surface area contributed by atoms with E-state index in [9.17, 15) is 4.79 Å². The number of rotatable bonds is 2. The second kappa shape index (κ2) is 4.08. The first kappa shape index (κ1) is 13.6. The zero-order valence-corrected chi connectivity index (χ0v) is 13.1. The average Bonchev–Trinajstić information content (AvgIpc) is 2.80. The Bertz CT molecular complexity index is 698. The van der Waals surface area contributed by atoms with Crippen molar-refractivity contribution in [1.82, 2.24) is 0 Å². The highest BCUT2D eigenvalue weighted by Gasteiger charge is 2.67. The van der Waals surface area contributed by atoms with Gasteiger partial charge in [0.15, 0.2) is 5.78 Å². The predicted molar refractivity (Wildman–Crippen MR) is 84.3 cm³/mol. The van der Waals surface area contributed by atoms with Crippen LogP contribution in [0.1, 0.15) is 38.1 Å². The standard InChI is InChI=1S/C18H19ClO/c1-17(2)16(18(17,3)4)15(20)13-9-10-14(19)12-8-6-5-7-11(12)13/h5-10,16H,1-4H3. The van der Waals surface area contributed by atoms with Gasteiger partial charge in [-0.2, -0.15) is 0 Å². The SMILES string of the molecule is CC1(C)C(C(=O)c2ccc(Cl)c3ccccc23)C1(C)C. The van der Waals surface area contributed by atoms with Crippen molar-refractivity contribution < 1.29 is 4.79 Å². The summed E-state index contributed by atoms with van der Waals surface area (Å²) in [4.78, 5) is 12.9. The fraction of sp³-hybridized carbons (Fsp3) is 0.389. The molecule has 0 heterocycles. The molecular formula is C18H19ClO. The van der Waals surface area contributed by atoms with Crippen molar-refractivity contribution in [2.45, 2.75) is 27.7 Å². The van der Waals surface area contributed by atoms with E-state index >= 15 is 0 Å². The van der Waals surface area contributed by atoms with Crippen LogP contribution in [0.4, 0.5) is 0 Å². The van der Waals surface area contributed by atoms with E-state index in [1.54, 1.807) is 0 Å². The van der Waals surface area contributed by atoms with Crippen molar-refractivity contribution in [3.8, 4) is 0 Å². The number of hydrogen-bond acceptors (Lipinski definition) is 1. The van der Waals surface area contributed by atoms with Gasteiger partial charge in [0.2, 0.25) is 0 Å². The minimum atomic E-state index is 0.0603. The molecule has 2 aromatic rings. The van der Waals surface area contributed by atoms with Crippen molar-refractivity contribution in [3.63, 3.8) is 0 Å². The molecule has 104 valence electrons. The Balaban J connectivity index is 2.13. The van der Waals surface area contributed by atoms with Gasteiger partial charge in [-0.25, -0.2) is 0 Å². The second-order valence-corrected chi connectivity index (χ2v) is 7.29. The summed E-state index contributed by atoms with van der Waals surface area (Å²) < 4.78 is 0. The van der Waals surface area contributed by atoms with Crippen molar-refractivity contribution in [3.05, 3.63) is 47.0 Å². The molecule has 1 nitrogen and oxygen atoms in total. The quantitative estimate of drug-likeness (QED) is 0.679. The van der Waals surface area contributed by atoms with Crippen molar-refractivity contribution in [1.29, 1.82) is 0 Å². The summed E-state index contributed by atoms with van der Waals surface area (Å²) in [5.41, 5.74) is 0.920. The van der Waals surface area contributed by atoms with E-state index in [2.05, 4.69) is 27.7 Å². The zero-order chi connectivity index (χ0) is 14.7. The maximum Gasteiger partial charge on any atom is 0.167 e. The number of fused-ring (bicyclic) bond motifs is 1. The number of hydrogen-bond donors (Lipinski definition) is 0. The van der Waals surface area contributed by atoms with Gasteiger partial charge in [-0.15, -0.1) is 0 Å². The van der Waals surface area contributed by atoms with Crippen molar-refractivity contribution in [2.24, 2.45) is 16.7 Å². The predicted octanol–water partition coefficient (Wildman–Crippen LogP) is 5.36. The summed E-state index contributed by atoms with van der Waals surface area (Å²) in [6, 6.07) is 11.6. The number of benzene rings is 2. The molecular weight excluding hydrogens is 268 g/mol. The molecule has 0 amide bonds. The van der Waals surface area contributed by atoms with Gasteiger partial charge in [-0.1, -0.05) is 63.6 Å². The molecule has 2 aromatic carbocycles. The molecule has 1 aliphatic rings. The maximum absolute atomic E-state index is 12.9. The van der Waals surface area contributed by atoms with Crippen molar-refractivity contribution in [2.75, 3.05) is 0 Å². The lowest BCUT2D eigenvalue weighted by atomic mass is 9.96. The lowest BCUT2D eigenvalue weighted by Crippen LogP contribution is -2.08. The van der Waals surface area contributed by atoms with Crippen LogP contribution in [0, 0.1) is 16.7 Å². The van der Waals surface area contributed by atoms with Crippen molar-refractivity contribution >= 4 is 28.2 Å². The van der Waals surface area contributed by atoms with E-state index in [0.717, 1.165) is 16.3 Å². The minimum absolute atomic E-state index is 0.0603. The van der Waals surface area contributed by atoms with Crippen LogP contribution in [-0.2, 0) is 0 Å². The first-order valence-corrected chi connectivity index (χ1v) is 7.38. The first-order chi connectivity index (χ1) is 9.28. The molecule has 1 fully saturated rings. The van der Waals surface area contributed by atoms with E-state index in [0.29, 0.717) is 5.02 Å². The molecule has 0 bridgehead atoms. The number of ketones is 1. The molecule has 0 N–H and O–H groups in total. The third kappa shape index (κ3) is 1.66. The van der Waals surface area contributed by atoms with Crippen LogP contribution in [0.15, 0.2) is 36.4 Å². The third-order valence-electron chi connectivity index (χ3n) is 5.42. The molecule has 1 saturated carbocycles. The van der Waals surface area contributed by atoms with Crippen LogP contribution >= 0.6 is 11.6 Å². The molecule has 1 aliphatic carbocycles. The molecule has 0 aromatic heterocycles. The van der Waals surface area contributed by atoms with Gasteiger partial charge in [0, 0.05) is 21.9 Å². The summed E-state index contributed by atoms with van der Waals surface area (Å²) in [6.07, 6.45) is 0. The second-order valence-electron chi connectivity index (χ2n) is 6.88. The fourth-order valence-corrected chi connectivity index (χ4v) is 3.71. The van der Waals surface area contributed by atoms with Gasteiger partial charge in [-0.3, -0.25) is 4.79 Å². The molecule has 0 spiro atoms. The number of halogens is 1. The molecule has 0 saturated heterocycles. The minimum Gasteiger partial charge on any atom is -0.294 e. The van der Waals surface area contributed by atoms with Gasteiger partial charge < -0.3 is 0 Å². The van der Waals surface area contributed by atoms with Gasteiger partial charge in [0.05, 0.1) is 0 Å². The highest BCUT2D eigenvalue weighted by molar-refractivity contribution is 6.36. The molecule has 0 unspecified atom stereocenters. The topological polar surface area (TPSA) is 17.1 Å². The molecule has 0 aliphatic heterocycles. The van der Waals surface area contributed by atoms with E-state index in [-0.39, 0.29) is 22.5 Å². The number of carbonyl (C=O) groups is 1. The lowest BCUT2D eigenvalue weighted by molar-refractivity contribution is 0.0947. The van der Waals surface area contributed by atoms with Crippen LogP contribution in [-0.4, -0.2) is 5.78 Å². The first-order valence-electron chi connectivity index (χ1n) is 7.00. The molecule has 0 radical (unpaired) electrons. The Morgan fingerprint density at radius 2 is 1.50 bits per heavy atom. The fourth-order valence-electron chi connectivity index (χ4n) is 3.48. The van der Waals surface area contributed by atoms with E-state index in [4.69, 9.17) is 11.6 Å². The normalized spacial score (nSPS) is 20.1. The van der Waals surface area contributed by atoms with Crippen LogP contribution in [0.2, 0.25) is 5.02 Å². The highest BCUT2D eigenvalue weighted by Crippen LogP contribution is 2.69. The molecule has 20 heavy (non-hydrogen) atoms. The summed E-state index contributed by atoms with van der Waals surface area (Å²) in [7, 11) is 0. The summed E-state index contributed by atoms with van der Waals surface area (Å²) in [5, 5.41) is 2.62. The summed E-state index contributed by atoms with van der Waals surface area (Å²) >= 11 is 6.23. The summed E-state index contributed by atoms with van der Waals surface area (Å²) in [6.45, 7) is 8.70. The maximum atomic E-state index is 12.9. The van der Waals surface area contributed by atoms with Gasteiger partial charge >= 0.3 is 0 Å². The number of Topliss-reactive ketones (excluding diaryl/α,β-unsaturated/α-hetero) is 1. The molecule has 3 rings (SSSR count). The Kier molecular flexibility index (Phi) is 2.78. The van der Waals surface area contributed by atoms with Crippen LogP contribution in [0.3, 0.4) is 0 Å². The van der Waals surface area contributed by atoms with Crippen LogP contribution < -0.4 is 0 Å². The van der Waals surface area contributed by atoms with Gasteiger partial charge in [0.1, 0.15) is 0 Å². The van der Waals surface area contributed by atoms with E-state index < -0.39 is 0 Å². The lowest BCUT2D eigenvalue weighted by Gasteiger charge is -2.08. The van der Waals surface area contributed by atoms with E-state index in [1.807, 2.05) is 36.4 Å². The monoisotopic (exact) mass is 286 g/mol. The Morgan fingerprint density at radius 3 is 2.05 bits per heavy atom. The zero-order valence-electron chi connectivity index (χ0n) is 12.3. The van der Waals surface area contributed by atoms with Gasteiger partial charge in [-0.05, 0) is 28.3 Å². The van der Waals surface area contributed by atoms with Gasteiger partial charge in [0.25, 0.3) is 0 Å². The van der Waals surface area contributed by atoms with Crippen LogP contribution in [0.5, 0.6) is 0 Å². The Morgan fingerprint density at radius 1 is 0.950 bits per heavy atom. The molecule has 0 atom stereocenters. The molecule has 2 heteroatoms. The Labute approximate surface area is 124 Å². The third-order valence-corrected chi connectivity index (χ3v) is 5.75. The smallest absolute Gasteiger partial charge is 0.167 e. The Hall–Kier alpha value is -1.34. The largest absolute Gasteiger partial charge is 0.294 e. The number of carbonyl (C=O) groups excluding carboxylic acids is 1. The highest BCUT2D eigenvalue weighted by atomic mass is 35.5. The van der Waals surface area contributed by atoms with Crippen LogP contribution in [0.25, 0.3) is 10.8 Å². The van der Waals surface area contributed by atoms with E-state index in [1.165, 1.54) is 0 Å². The summed E-state index contributed by atoms with van der Waals surface area (Å²) in [5.74, 6) is 0.326. The average molecular weight is 287 g/mol.